The lowest BCUT2D eigenvalue weighted by molar-refractivity contribution is 0.103. The zero-order valence-corrected chi connectivity index (χ0v) is 76.4. The molecule has 0 spiro atoms. The smallest absolute Gasteiger partial charge is 0.161 e. The first-order valence-electron chi connectivity index (χ1n) is 44.1. The van der Waals surface area contributed by atoms with E-state index in [0.29, 0.717) is 59.5 Å². The second-order valence-corrected chi connectivity index (χ2v) is 35.5. The molecule has 10 aliphatic heterocycles. The van der Waals surface area contributed by atoms with Crippen LogP contribution in [0.25, 0.3) is 0 Å². The van der Waals surface area contributed by atoms with Gasteiger partial charge in [-0.3, -0.25) is 24.5 Å². The summed E-state index contributed by atoms with van der Waals surface area (Å²) in [6, 6.07) is 47.8. The number of methoxy groups -OCH3 is 12. The van der Waals surface area contributed by atoms with E-state index in [1.54, 1.807) is 85.3 Å². The summed E-state index contributed by atoms with van der Waals surface area (Å²) in [5, 5.41) is 30.6. The monoisotopic (exact) mass is 1700 g/mol. The highest BCUT2D eigenvalue weighted by Crippen LogP contribution is 2.52. The zero-order valence-electron chi connectivity index (χ0n) is 76.4. The van der Waals surface area contributed by atoms with Gasteiger partial charge in [0, 0.05) is 111 Å². The first kappa shape index (κ1) is 87.6. The Hall–Kier alpha value is -10.8. The van der Waals surface area contributed by atoms with Crippen molar-refractivity contribution in [3.8, 4) is 80.5 Å². The van der Waals surface area contributed by atoms with Crippen LogP contribution in [0.4, 0.5) is 0 Å². The Balaban J connectivity index is 0.000000115. The quantitative estimate of drug-likeness (QED) is 0.0988. The van der Waals surface area contributed by atoms with Gasteiger partial charge < -0.3 is 72.2 Å². The summed E-state index contributed by atoms with van der Waals surface area (Å²) in [6.45, 7) is 22.6. The van der Waals surface area contributed by atoms with E-state index < -0.39 is 0 Å². The molecule has 0 amide bonds. The fourth-order valence-corrected chi connectivity index (χ4v) is 22.1. The molecule has 20 nitrogen and oxygen atoms in total. The van der Waals surface area contributed by atoms with Gasteiger partial charge in [0.25, 0.3) is 0 Å². The summed E-state index contributed by atoms with van der Waals surface area (Å²) in [7, 11) is 20.1. The maximum Gasteiger partial charge on any atom is 0.161 e. The number of ether oxygens (including phenoxy) is 12. The van der Waals surface area contributed by atoms with E-state index in [9.17, 15) is 15.3 Å². The second-order valence-electron chi connectivity index (χ2n) is 35.5. The standard InChI is InChI=1S/C22H27NO5.2C22H27NO2.C20H23NO3.C19H21NO3/c1-12-5-13-6-22(28-4)19(25)8-14(13)18-7-15-16(10-23(12)18)20(26-2)9-21(27-3)17(15)11-24;2*1-13-6-14(2)19-12-23-15(3)8-17-10-21(24-4)22(25-5)11-18(17)20(23)9-16(19)7-13;1-22-16-5-4-14-12-21-7-6-13-10-19(23-2)20(24-3)11-17(13)18(21)9-15(14)8-16;1-22-15-4-3-13-11-20-6-5-12-9-19(23-2)18(21)10-16(12)17(20)8-14(13)7-15/h6,8-9,12,18,24-25H,5,7,10-11H2,1-4H3;2*6-7,10-11,15,20H,8-9,12H2,1-5H3;4-5,8,10-11,18H,6-7,9,12H2,1-3H3;3-4,7,9-10,17,21H,5-6,8,11H2,1-2H3/t12-,18-;15-,20+;15-,20-;18-;17-/m01000/s1. The number of fused-ring (bicyclic) bond motifs is 20. The van der Waals surface area contributed by atoms with Crippen molar-refractivity contribution in [2.45, 2.75) is 200 Å². The number of aliphatic hydroxyl groups excluding tert-OH is 1. The highest BCUT2D eigenvalue weighted by Gasteiger charge is 2.43. The van der Waals surface area contributed by atoms with Crippen LogP contribution in [0.1, 0.15) is 190 Å². The van der Waals surface area contributed by atoms with Crippen LogP contribution >= 0.6 is 0 Å². The van der Waals surface area contributed by atoms with Crippen molar-refractivity contribution in [3.05, 3.63) is 266 Å². The van der Waals surface area contributed by atoms with E-state index in [1.165, 1.54) is 117 Å². The second kappa shape index (κ2) is 37.0. The maximum absolute atomic E-state index is 10.4. The molecule has 10 heterocycles. The van der Waals surface area contributed by atoms with Gasteiger partial charge in [-0.2, -0.15) is 0 Å². The summed E-state index contributed by atoms with van der Waals surface area (Å²) in [5.74, 6) is 9.72. The summed E-state index contributed by atoms with van der Waals surface area (Å²) in [5.41, 5.74) is 33.4. The fourth-order valence-electron chi connectivity index (χ4n) is 22.1. The number of phenols is 2. The molecule has 0 bridgehead atoms. The number of rotatable bonds is 13. The van der Waals surface area contributed by atoms with Gasteiger partial charge in [-0.25, -0.2) is 0 Å². The predicted octanol–water partition coefficient (Wildman–Crippen LogP) is 18.1. The molecule has 3 N–H and O–H groups in total. The largest absolute Gasteiger partial charge is 0.504 e. The molecular formula is C105H125N5O15. The lowest BCUT2D eigenvalue weighted by atomic mass is 9.79. The molecule has 0 radical (unpaired) electrons. The molecule has 0 saturated heterocycles. The Morgan fingerprint density at radius 3 is 1.01 bits per heavy atom. The molecule has 10 aliphatic rings. The maximum atomic E-state index is 10.4. The third-order valence-corrected chi connectivity index (χ3v) is 28.5. The molecular weight excluding hydrogens is 1570 g/mol. The third-order valence-electron chi connectivity index (χ3n) is 28.5. The molecule has 0 fully saturated rings. The van der Waals surface area contributed by atoms with Gasteiger partial charge in [0.1, 0.15) is 23.0 Å². The van der Waals surface area contributed by atoms with Gasteiger partial charge in [-0.05, 0) is 314 Å². The van der Waals surface area contributed by atoms with Crippen LogP contribution in [-0.2, 0) is 104 Å². The van der Waals surface area contributed by atoms with Gasteiger partial charge in [0.15, 0.2) is 57.5 Å². The molecule has 125 heavy (non-hydrogen) atoms. The van der Waals surface area contributed by atoms with E-state index >= 15 is 0 Å². The van der Waals surface area contributed by atoms with Crippen LogP contribution in [0.3, 0.4) is 0 Å². The van der Waals surface area contributed by atoms with Crippen LogP contribution < -0.4 is 56.8 Å². The molecule has 20 rings (SSSR count). The lowest BCUT2D eigenvalue weighted by Gasteiger charge is -2.46. The third kappa shape index (κ3) is 17.0. The molecule has 10 aromatic carbocycles. The average molecular weight is 1700 g/mol. The normalized spacial score (nSPS) is 20.7. The number of phenolic OH excluding ortho intramolecular Hbond substituents is 2. The Morgan fingerprint density at radius 2 is 0.616 bits per heavy atom. The predicted molar refractivity (Wildman–Crippen MR) is 488 cm³/mol. The minimum absolute atomic E-state index is 0.0848. The number of hydrogen-bond acceptors (Lipinski definition) is 20. The minimum Gasteiger partial charge on any atom is -0.504 e. The summed E-state index contributed by atoms with van der Waals surface area (Å²) in [6.07, 6.45) is 9.89. The topological polar surface area (TPSA) is 188 Å². The first-order chi connectivity index (χ1) is 60.5. The molecule has 0 saturated carbocycles. The molecule has 0 unspecified atom stereocenters. The van der Waals surface area contributed by atoms with Crippen LogP contribution in [0.2, 0.25) is 0 Å². The van der Waals surface area contributed by atoms with E-state index in [4.69, 9.17) is 56.8 Å². The Bertz CT molecular complexity index is 5550. The van der Waals surface area contributed by atoms with E-state index in [0.717, 1.165) is 184 Å². The van der Waals surface area contributed by atoms with Crippen molar-refractivity contribution in [2.24, 2.45) is 0 Å². The van der Waals surface area contributed by atoms with Crippen molar-refractivity contribution >= 4 is 0 Å². The fraction of sp³-hybridized carbons (Fsp3) is 0.429. The minimum atomic E-state index is -0.0848. The number of nitrogens with zero attached hydrogens (tertiary/aromatic N) is 5. The average Bonchev–Trinajstić information content (AvgIpc) is 0.761. The van der Waals surface area contributed by atoms with Crippen molar-refractivity contribution < 1.29 is 72.2 Å². The highest BCUT2D eigenvalue weighted by molar-refractivity contribution is 5.60. The van der Waals surface area contributed by atoms with E-state index in [2.05, 4.69) is 164 Å². The van der Waals surface area contributed by atoms with Gasteiger partial charge in [0.05, 0.1) is 91.9 Å². The van der Waals surface area contributed by atoms with Gasteiger partial charge in [-0.15, -0.1) is 0 Å². The molecule has 0 aromatic heterocycles. The van der Waals surface area contributed by atoms with Gasteiger partial charge in [0.2, 0.25) is 0 Å². The van der Waals surface area contributed by atoms with E-state index in [-0.39, 0.29) is 24.1 Å². The molecule has 660 valence electrons. The Labute approximate surface area is 738 Å². The van der Waals surface area contributed by atoms with Crippen LogP contribution in [0.15, 0.2) is 127 Å². The van der Waals surface area contributed by atoms with Crippen LogP contribution in [-0.4, -0.2) is 156 Å². The van der Waals surface area contributed by atoms with Gasteiger partial charge >= 0.3 is 0 Å². The summed E-state index contributed by atoms with van der Waals surface area (Å²) < 4.78 is 65.7. The van der Waals surface area contributed by atoms with Crippen molar-refractivity contribution in [3.63, 3.8) is 0 Å². The highest BCUT2D eigenvalue weighted by atomic mass is 16.5. The molecule has 20 heteroatoms. The zero-order chi connectivity index (χ0) is 88.1. The number of aliphatic hydroxyl groups is 1. The Morgan fingerprint density at radius 1 is 0.280 bits per heavy atom. The summed E-state index contributed by atoms with van der Waals surface area (Å²) >= 11 is 0. The van der Waals surface area contributed by atoms with Crippen molar-refractivity contribution in [1.29, 1.82) is 0 Å². The van der Waals surface area contributed by atoms with Crippen molar-refractivity contribution in [2.75, 3.05) is 98.4 Å². The molecule has 8 atom stereocenters. The molecule has 10 aromatic rings. The lowest BCUT2D eigenvalue weighted by Crippen LogP contribution is -2.45. The molecule has 0 aliphatic carbocycles. The number of aromatic hydroxyl groups is 2. The number of aryl methyl sites for hydroxylation is 4. The number of benzene rings is 10. The first-order valence-corrected chi connectivity index (χ1v) is 44.1. The van der Waals surface area contributed by atoms with Gasteiger partial charge in [-0.1, -0.05) is 47.5 Å². The van der Waals surface area contributed by atoms with E-state index in [1.807, 2.05) is 36.4 Å². The van der Waals surface area contributed by atoms with Crippen LogP contribution in [0, 0.1) is 27.7 Å². The number of hydrogen-bond donors (Lipinski definition) is 3. The van der Waals surface area contributed by atoms with Crippen molar-refractivity contribution in [1.82, 2.24) is 24.5 Å². The van der Waals surface area contributed by atoms with Crippen LogP contribution in [0.5, 0.6) is 80.5 Å². The SMILES string of the molecule is COc1cc2c(cc1O)[C@@H]1Cc3c(CO)c(OC)cc(OC)c3CN1[C@@H](C)C2.COc1cc2c(cc1OC)[C@@H]1Cc3cc(C)cc(C)c3CN1[C@@H](C)C2.COc1cc2c(cc1OC)[C@@H]1Cc3cc(C)cc(C)c3CN1[C@H](C)C2.COc1ccc2c(c1)C[C@H]1c3cc(O)c(OC)cc3CCN1C2.COc1ccc2c(c1)C[C@H]1c3cc(OC)c(OC)cc3CCN1C2. The Kier molecular flexibility index (Phi) is 25.9. The summed E-state index contributed by atoms with van der Waals surface area (Å²) in [4.78, 5) is 12.9.